The Kier molecular flexibility index (Phi) is 8.22. The van der Waals surface area contributed by atoms with E-state index in [-0.39, 0.29) is 5.91 Å². The lowest BCUT2D eigenvalue weighted by molar-refractivity contribution is -0.131. The zero-order chi connectivity index (χ0) is 18.1. The van der Waals surface area contributed by atoms with Crippen LogP contribution in [0.1, 0.15) is 24.8 Å². The van der Waals surface area contributed by atoms with Gasteiger partial charge in [0.25, 0.3) is 0 Å². The third-order valence-corrected chi connectivity index (χ3v) is 4.97. The highest BCUT2D eigenvalue weighted by Gasteiger charge is 2.22. The molecular weight excluding hydrogens is 316 g/mol. The normalized spacial score (nSPS) is 18.1. The molecule has 0 spiro atoms. The fourth-order valence-electron chi connectivity index (χ4n) is 3.56. The first-order valence-corrected chi connectivity index (χ1v) is 9.21. The molecule has 140 valence electrons. The molecule has 25 heavy (non-hydrogen) atoms. The van der Waals surface area contributed by atoms with Crippen LogP contribution in [-0.4, -0.2) is 69.8 Å². The molecule has 1 unspecified atom stereocenters. The second-order valence-electron chi connectivity index (χ2n) is 6.89. The number of rotatable bonds is 9. The number of nitrogens with zero attached hydrogens (tertiary/aromatic N) is 2. The van der Waals surface area contributed by atoms with Crippen LogP contribution in [0.3, 0.4) is 0 Å². The van der Waals surface area contributed by atoms with E-state index in [9.17, 15) is 4.79 Å². The molecule has 2 rings (SSSR count). The lowest BCUT2D eigenvalue weighted by atomic mass is 9.97. The van der Waals surface area contributed by atoms with Gasteiger partial charge in [0.1, 0.15) is 5.75 Å². The van der Waals surface area contributed by atoms with Crippen LogP contribution in [0.15, 0.2) is 24.3 Å². The average Bonchev–Trinajstić information content (AvgIpc) is 2.64. The second-order valence-corrected chi connectivity index (χ2v) is 6.89. The number of amides is 1. The van der Waals surface area contributed by atoms with Crippen molar-refractivity contribution in [1.82, 2.24) is 9.80 Å². The molecule has 0 N–H and O–H groups in total. The Bertz CT molecular complexity index is 535. The fraction of sp³-hybridized carbons (Fsp3) is 0.650. The van der Waals surface area contributed by atoms with Gasteiger partial charge >= 0.3 is 0 Å². The zero-order valence-electron chi connectivity index (χ0n) is 15.9. The maximum absolute atomic E-state index is 12.1. The predicted molar refractivity (Wildman–Crippen MR) is 100.0 cm³/mol. The van der Waals surface area contributed by atoms with Gasteiger partial charge in [-0.15, -0.1) is 0 Å². The molecule has 1 heterocycles. The Morgan fingerprint density at radius 1 is 1.32 bits per heavy atom. The maximum Gasteiger partial charge on any atom is 0.224 e. The number of piperidine rings is 1. The summed E-state index contributed by atoms with van der Waals surface area (Å²) >= 11 is 0. The van der Waals surface area contributed by atoms with Crippen molar-refractivity contribution in [3.63, 3.8) is 0 Å². The largest absolute Gasteiger partial charge is 0.496 e. The highest BCUT2D eigenvalue weighted by atomic mass is 16.5. The summed E-state index contributed by atoms with van der Waals surface area (Å²) in [6.07, 6.45) is 3.88. The van der Waals surface area contributed by atoms with E-state index in [4.69, 9.17) is 9.47 Å². The van der Waals surface area contributed by atoms with E-state index >= 15 is 0 Å². The average molecular weight is 348 g/mol. The van der Waals surface area contributed by atoms with E-state index in [0.717, 1.165) is 38.3 Å². The van der Waals surface area contributed by atoms with E-state index in [2.05, 4.69) is 17.0 Å². The van der Waals surface area contributed by atoms with Crippen molar-refractivity contribution in [2.24, 2.45) is 5.92 Å². The number of hydrogen-bond acceptors (Lipinski definition) is 4. The Balaban J connectivity index is 1.79. The van der Waals surface area contributed by atoms with Crippen molar-refractivity contribution in [2.75, 3.05) is 54.1 Å². The van der Waals surface area contributed by atoms with Crippen LogP contribution in [0, 0.1) is 5.92 Å². The number of carbonyl (C=O) groups is 1. The van der Waals surface area contributed by atoms with Gasteiger partial charge in [0.15, 0.2) is 0 Å². The van der Waals surface area contributed by atoms with Crippen LogP contribution in [0.2, 0.25) is 0 Å². The Hall–Kier alpha value is -1.59. The van der Waals surface area contributed by atoms with Crippen LogP contribution < -0.4 is 4.74 Å². The maximum atomic E-state index is 12.1. The van der Waals surface area contributed by atoms with Gasteiger partial charge in [-0.3, -0.25) is 4.79 Å². The number of methoxy groups -OCH3 is 2. The highest BCUT2D eigenvalue weighted by molar-refractivity contribution is 5.75. The molecule has 0 bridgehead atoms. The second kappa shape index (κ2) is 10.4. The van der Waals surface area contributed by atoms with Gasteiger partial charge in [-0.25, -0.2) is 0 Å². The lowest BCUT2D eigenvalue weighted by Gasteiger charge is -2.34. The van der Waals surface area contributed by atoms with E-state index in [1.165, 1.54) is 18.4 Å². The van der Waals surface area contributed by atoms with Crippen LogP contribution in [0.5, 0.6) is 5.75 Å². The quantitative estimate of drug-likeness (QED) is 0.687. The Labute approximate surface area is 151 Å². The van der Waals surface area contributed by atoms with Crippen molar-refractivity contribution >= 4 is 5.91 Å². The van der Waals surface area contributed by atoms with Crippen molar-refractivity contribution in [2.45, 2.75) is 25.7 Å². The number of benzene rings is 1. The van der Waals surface area contributed by atoms with Crippen molar-refractivity contribution in [3.05, 3.63) is 29.8 Å². The minimum atomic E-state index is 0.174. The summed E-state index contributed by atoms with van der Waals surface area (Å²) in [6.45, 7) is 4.59. The minimum absolute atomic E-state index is 0.174. The van der Waals surface area contributed by atoms with Gasteiger partial charge in [0.2, 0.25) is 5.91 Å². The molecule has 1 atom stereocenters. The van der Waals surface area contributed by atoms with Gasteiger partial charge in [-0.2, -0.15) is 0 Å². The molecule has 1 aliphatic heterocycles. The Morgan fingerprint density at radius 2 is 2.12 bits per heavy atom. The molecule has 1 saturated heterocycles. The minimum Gasteiger partial charge on any atom is -0.496 e. The van der Waals surface area contributed by atoms with Gasteiger partial charge in [-0.1, -0.05) is 18.2 Å². The van der Waals surface area contributed by atoms with Crippen LogP contribution >= 0.6 is 0 Å². The molecule has 0 aliphatic carbocycles. The van der Waals surface area contributed by atoms with Crippen LogP contribution in [0.4, 0.5) is 0 Å². The fourth-order valence-corrected chi connectivity index (χ4v) is 3.56. The summed E-state index contributed by atoms with van der Waals surface area (Å²) in [5.74, 6) is 1.70. The smallest absolute Gasteiger partial charge is 0.224 e. The summed E-state index contributed by atoms with van der Waals surface area (Å²) in [7, 11) is 5.27. The molecule has 1 aliphatic rings. The summed E-state index contributed by atoms with van der Waals surface area (Å²) in [5, 5.41) is 0. The summed E-state index contributed by atoms with van der Waals surface area (Å²) in [4.78, 5) is 16.4. The Morgan fingerprint density at radius 3 is 2.88 bits per heavy atom. The molecule has 0 aromatic heterocycles. The first kappa shape index (κ1) is 19.7. The SMILES string of the molecule is COCCC(=O)N(C)CC1CCCN(CCc2ccccc2OC)C1. The number of hydrogen-bond donors (Lipinski definition) is 0. The zero-order valence-corrected chi connectivity index (χ0v) is 15.9. The van der Waals surface area contributed by atoms with E-state index in [1.54, 1.807) is 14.2 Å². The number of carbonyl (C=O) groups excluding carboxylic acids is 1. The highest BCUT2D eigenvalue weighted by Crippen LogP contribution is 2.21. The van der Waals surface area contributed by atoms with Gasteiger partial charge in [-0.05, 0) is 43.4 Å². The summed E-state index contributed by atoms with van der Waals surface area (Å²) in [5.41, 5.74) is 1.26. The number of ether oxygens (including phenoxy) is 2. The first-order valence-electron chi connectivity index (χ1n) is 9.21. The third-order valence-electron chi connectivity index (χ3n) is 4.97. The van der Waals surface area contributed by atoms with Gasteiger partial charge < -0.3 is 19.3 Å². The summed E-state index contributed by atoms with van der Waals surface area (Å²) in [6, 6.07) is 8.24. The molecule has 0 radical (unpaired) electrons. The predicted octanol–water partition coefficient (Wildman–Crippen LogP) is 2.44. The topological polar surface area (TPSA) is 42.0 Å². The van der Waals surface area contributed by atoms with E-state index in [1.807, 2.05) is 24.1 Å². The van der Waals surface area contributed by atoms with Crippen molar-refractivity contribution in [1.29, 1.82) is 0 Å². The molecule has 5 nitrogen and oxygen atoms in total. The first-order chi connectivity index (χ1) is 12.1. The number of likely N-dealkylation sites (tertiary alicyclic amines) is 1. The van der Waals surface area contributed by atoms with Crippen molar-refractivity contribution < 1.29 is 14.3 Å². The van der Waals surface area contributed by atoms with E-state index in [0.29, 0.717) is 18.9 Å². The molecule has 1 aromatic rings. The monoisotopic (exact) mass is 348 g/mol. The molecule has 0 saturated carbocycles. The molecule has 1 amide bonds. The number of para-hydroxylation sites is 1. The molecular formula is C20H32N2O3. The lowest BCUT2D eigenvalue weighted by Crippen LogP contribution is -2.42. The van der Waals surface area contributed by atoms with Crippen molar-refractivity contribution in [3.8, 4) is 5.75 Å². The third kappa shape index (κ3) is 6.33. The van der Waals surface area contributed by atoms with Crippen LogP contribution in [-0.2, 0) is 16.0 Å². The summed E-state index contributed by atoms with van der Waals surface area (Å²) < 4.78 is 10.4. The molecule has 1 fully saturated rings. The van der Waals surface area contributed by atoms with E-state index < -0.39 is 0 Å². The molecule has 1 aromatic carbocycles. The molecule has 5 heteroatoms. The standard InChI is InChI=1S/C20H32N2O3/c1-21(20(23)11-14-24-2)15-17-7-6-12-22(16-17)13-10-18-8-4-5-9-19(18)25-3/h4-5,8-9,17H,6-7,10-16H2,1-3H3. The van der Waals surface area contributed by atoms with Gasteiger partial charge in [0, 0.05) is 33.8 Å². The van der Waals surface area contributed by atoms with Gasteiger partial charge in [0.05, 0.1) is 20.1 Å². The van der Waals surface area contributed by atoms with Crippen LogP contribution in [0.25, 0.3) is 0 Å².